The molecule has 1 N–H and O–H groups in total. The van der Waals surface area contributed by atoms with Gasteiger partial charge in [-0.25, -0.2) is 0 Å². The highest BCUT2D eigenvalue weighted by Gasteiger charge is 2.35. The predicted molar refractivity (Wildman–Crippen MR) is 98.1 cm³/mol. The van der Waals surface area contributed by atoms with Gasteiger partial charge in [0.05, 0.1) is 31.8 Å². The summed E-state index contributed by atoms with van der Waals surface area (Å²) in [6.07, 6.45) is 4.26. The Hall–Kier alpha value is -2.79. The zero-order valence-electron chi connectivity index (χ0n) is 15.0. The van der Waals surface area contributed by atoms with Gasteiger partial charge in [0.15, 0.2) is 17.3 Å². The minimum atomic E-state index is -0.0611. The van der Waals surface area contributed by atoms with Crippen LogP contribution in [0.1, 0.15) is 27.0 Å². The van der Waals surface area contributed by atoms with Gasteiger partial charge in [0.1, 0.15) is 6.54 Å². The lowest BCUT2D eigenvalue weighted by Gasteiger charge is -2.26. The summed E-state index contributed by atoms with van der Waals surface area (Å²) in [5.41, 5.74) is 3.69. The third-order valence-electron chi connectivity index (χ3n) is 4.94. The van der Waals surface area contributed by atoms with Crippen molar-refractivity contribution in [3.8, 4) is 17.2 Å². The van der Waals surface area contributed by atoms with Gasteiger partial charge >= 0.3 is 0 Å². The van der Waals surface area contributed by atoms with E-state index in [2.05, 4.69) is 7.05 Å². The van der Waals surface area contributed by atoms with Gasteiger partial charge < -0.3 is 19.1 Å². The van der Waals surface area contributed by atoms with Crippen LogP contribution in [0.15, 0.2) is 36.4 Å². The van der Waals surface area contributed by atoms with Crippen LogP contribution in [0.5, 0.6) is 17.2 Å². The topological polar surface area (TPSA) is 49.2 Å². The molecule has 5 nitrogen and oxygen atoms in total. The number of nitrogens with one attached hydrogen (secondary N) is 1. The molecular formula is C21H22NO4+. The highest BCUT2D eigenvalue weighted by molar-refractivity contribution is 6.11. The molecule has 0 fully saturated rings. The number of allylic oxidation sites excluding steroid dienone is 1. The number of carbonyl (C=O) groups excluding carboxylic acids is 1. The molecule has 1 unspecified atom stereocenters. The summed E-state index contributed by atoms with van der Waals surface area (Å²) < 4.78 is 16.9. The maximum Gasteiger partial charge on any atom is 0.231 e. The van der Waals surface area contributed by atoms with E-state index < -0.39 is 0 Å². The van der Waals surface area contributed by atoms with Crippen molar-refractivity contribution in [2.45, 2.75) is 13.0 Å². The molecule has 0 saturated carbocycles. The molecule has 26 heavy (non-hydrogen) atoms. The van der Waals surface area contributed by atoms with Gasteiger partial charge in [0.25, 0.3) is 0 Å². The number of rotatable bonds is 4. The number of hydrogen-bond donors (Lipinski definition) is 1. The second-order valence-electron chi connectivity index (χ2n) is 6.67. The first-order valence-corrected chi connectivity index (χ1v) is 8.79. The Labute approximate surface area is 152 Å². The van der Waals surface area contributed by atoms with Crippen molar-refractivity contribution in [3.63, 3.8) is 0 Å². The molecule has 2 heterocycles. The third-order valence-corrected chi connectivity index (χ3v) is 4.94. The number of hydrogen-bond acceptors (Lipinski definition) is 4. The van der Waals surface area contributed by atoms with Crippen molar-refractivity contribution in [2.24, 2.45) is 0 Å². The second kappa shape index (κ2) is 6.84. The molecule has 5 heteroatoms. The number of fused-ring (bicyclic) bond motifs is 2. The number of ether oxygens (including phenoxy) is 3. The second-order valence-corrected chi connectivity index (χ2v) is 6.67. The molecule has 0 saturated heterocycles. The summed E-state index contributed by atoms with van der Waals surface area (Å²) in [5, 5.41) is 0. The van der Waals surface area contributed by atoms with Gasteiger partial charge in [-0.2, -0.15) is 0 Å². The van der Waals surface area contributed by atoms with E-state index in [0.717, 1.165) is 36.2 Å². The van der Waals surface area contributed by atoms with Crippen LogP contribution in [0.25, 0.3) is 6.08 Å². The maximum atomic E-state index is 13.1. The zero-order chi connectivity index (χ0) is 18.1. The number of methoxy groups -OCH3 is 1. The Kier molecular flexibility index (Phi) is 4.39. The molecule has 0 aromatic heterocycles. The van der Waals surface area contributed by atoms with Gasteiger partial charge in [-0.05, 0) is 17.2 Å². The number of benzene rings is 2. The van der Waals surface area contributed by atoms with E-state index in [9.17, 15) is 4.79 Å². The van der Waals surface area contributed by atoms with Crippen LogP contribution in [0.2, 0.25) is 0 Å². The quantitative estimate of drug-likeness (QED) is 0.674. The van der Waals surface area contributed by atoms with Crippen molar-refractivity contribution >= 4 is 11.9 Å². The smallest absolute Gasteiger partial charge is 0.231 e. The minimum absolute atomic E-state index is 0.0611. The monoisotopic (exact) mass is 352 g/mol. The number of quaternary nitrogens is 1. The summed E-state index contributed by atoms with van der Waals surface area (Å²) in [4.78, 5) is 14.4. The fraction of sp³-hybridized carbons (Fsp3) is 0.286. The Morgan fingerprint density at radius 2 is 1.92 bits per heavy atom. The minimum Gasteiger partial charge on any atom is -0.492 e. The molecule has 134 valence electrons. The van der Waals surface area contributed by atoms with Crippen LogP contribution < -0.4 is 19.1 Å². The van der Waals surface area contributed by atoms with Crippen LogP contribution in [-0.2, 0) is 13.0 Å². The highest BCUT2D eigenvalue weighted by atomic mass is 16.7. The Morgan fingerprint density at radius 1 is 1.15 bits per heavy atom. The van der Waals surface area contributed by atoms with Gasteiger partial charge in [0.2, 0.25) is 12.5 Å². The Bertz CT molecular complexity index is 874. The number of likely N-dealkylation sites (N-methyl/N-ethyl adjacent to an activating group) is 1. The van der Waals surface area contributed by atoms with Crippen molar-refractivity contribution in [1.82, 2.24) is 0 Å². The summed E-state index contributed by atoms with van der Waals surface area (Å²) in [6.45, 7) is 1.89. The van der Waals surface area contributed by atoms with Crippen LogP contribution in [-0.4, -0.2) is 33.3 Å². The van der Waals surface area contributed by atoms with E-state index in [4.69, 9.17) is 14.2 Å². The maximum absolute atomic E-state index is 13.1. The van der Waals surface area contributed by atoms with Crippen LogP contribution in [0.3, 0.4) is 0 Å². The van der Waals surface area contributed by atoms with E-state index in [1.54, 1.807) is 13.2 Å². The van der Waals surface area contributed by atoms with Gasteiger partial charge in [-0.1, -0.05) is 36.4 Å². The van der Waals surface area contributed by atoms with Crippen molar-refractivity contribution in [2.75, 3.05) is 27.5 Å². The van der Waals surface area contributed by atoms with Crippen LogP contribution in [0, 0.1) is 0 Å². The van der Waals surface area contributed by atoms with Crippen molar-refractivity contribution in [1.29, 1.82) is 0 Å². The zero-order valence-corrected chi connectivity index (χ0v) is 15.0. The predicted octanol–water partition coefficient (Wildman–Crippen LogP) is 1.89. The lowest BCUT2D eigenvalue weighted by atomic mass is 9.90. The lowest BCUT2D eigenvalue weighted by molar-refractivity contribution is -0.895. The molecule has 0 radical (unpaired) electrons. The Balaban J connectivity index is 1.81. The van der Waals surface area contributed by atoms with Gasteiger partial charge in [-0.3, -0.25) is 4.79 Å². The molecule has 0 spiro atoms. The first kappa shape index (κ1) is 16.7. The summed E-state index contributed by atoms with van der Waals surface area (Å²) >= 11 is 0. The van der Waals surface area contributed by atoms with Crippen molar-refractivity contribution < 1.29 is 23.9 Å². The molecule has 0 bridgehead atoms. The van der Waals surface area contributed by atoms with E-state index in [-0.39, 0.29) is 12.6 Å². The average Bonchev–Trinajstić information content (AvgIpc) is 3.14. The summed E-state index contributed by atoms with van der Waals surface area (Å²) in [5.74, 6) is 1.71. The van der Waals surface area contributed by atoms with Crippen molar-refractivity contribution in [3.05, 3.63) is 58.7 Å². The molecule has 0 aliphatic carbocycles. The first-order valence-electron chi connectivity index (χ1n) is 8.79. The molecule has 4 rings (SSSR count). The fourth-order valence-corrected chi connectivity index (χ4v) is 3.68. The van der Waals surface area contributed by atoms with E-state index in [1.807, 2.05) is 36.4 Å². The third kappa shape index (κ3) is 2.84. The SMILES string of the molecule is COc1c2c(c(C(=O)/C=C/c3ccccc3)c3c1OCO3)CC[NH+](C)C2. The average molecular weight is 352 g/mol. The molecule has 2 aromatic rings. The summed E-state index contributed by atoms with van der Waals surface area (Å²) in [7, 11) is 3.78. The molecule has 2 aromatic carbocycles. The van der Waals surface area contributed by atoms with Crippen LogP contribution >= 0.6 is 0 Å². The fourth-order valence-electron chi connectivity index (χ4n) is 3.68. The van der Waals surface area contributed by atoms with E-state index in [1.165, 1.54) is 4.90 Å². The lowest BCUT2D eigenvalue weighted by Crippen LogP contribution is -3.08. The molecule has 2 aliphatic rings. The first-order chi connectivity index (χ1) is 12.7. The van der Waals surface area contributed by atoms with Gasteiger partial charge in [0, 0.05) is 6.42 Å². The largest absolute Gasteiger partial charge is 0.492 e. The molecule has 1 atom stereocenters. The highest BCUT2D eigenvalue weighted by Crippen LogP contribution is 2.48. The number of carbonyl (C=O) groups is 1. The normalized spacial score (nSPS) is 18.0. The van der Waals surface area contributed by atoms with Gasteiger partial charge in [-0.15, -0.1) is 0 Å². The summed E-state index contributed by atoms with van der Waals surface area (Å²) in [6, 6.07) is 9.79. The van der Waals surface area contributed by atoms with E-state index >= 15 is 0 Å². The number of ketones is 1. The van der Waals surface area contributed by atoms with E-state index in [0.29, 0.717) is 22.8 Å². The molecule has 2 aliphatic heterocycles. The molecular weight excluding hydrogens is 330 g/mol. The Morgan fingerprint density at radius 3 is 2.69 bits per heavy atom. The molecule has 0 amide bonds. The standard InChI is InChI=1S/C21H21NO4/c1-22-11-10-15-16(12-22)19(24-2)21-20(25-13-26-21)18(15)17(23)9-8-14-6-4-3-5-7-14/h3-9H,10-13H2,1-2H3/p+1/b9-8+. The van der Waals surface area contributed by atoms with Crippen LogP contribution in [0.4, 0.5) is 0 Å².